The molecule has 0 spiro atoms. The van der Waals surface area contributed by atoms with Crippen LogP contribution in [0.4, 0.5) is 0 Å². The van der Waals surface area contributed by atoms with Crippen molar-refractivity contribution in [2.75, 3.05) is 6.54 Å². The fraction of sp³-hybridized carbons (Fsp3) is 0.188. The normalized spacial score (nSPS) is 11.2. The fourth-order valence-electron chi connectivity index (χ4n) is 2.21. The molecule has 3 aromatic rings. The number of aryl methyl sites for hydroxylation is 1. The van der Waals surface area contributed by atoms with Crippen molar-refractivity contribution in [2.24, 2.45) is 5.73 Å². The van der Waals surface area contributed by atoms with Gasteiger partial charge in [-0.3, -0.25) is 0 Å². The molecular weight excluding hydrogens is 302 g/mol. The molecule has 2 aromatic carbocycles. The lowest BCUT2D eigenvalue weighted by molar-refractivity contribution is 0.966. The first-order valence-corrected chi connectivity index (χ1v) is 7.98. The van der Waals surface area contributed by atoms with Crippen molar-refractivity contribution in [1.29, 1.82) is 0 Å². The number of aromatic nitrogens is 2. The lowest BCUT2D eigenvalue weighted by atomic mass is 10.1. The summed E-state index contributed by atoms with van der Waals surface area (Å²) in [4.78, 5) is 8.98. The van der Waals surface area contributed by atoms with Gasteiger partial charge < -0.3 is 10.7 Å². The van der Waals surface area contributed by atoms with Gasteiger partial charge in [-0.1, -0.05) is 35.5 Å². The van der Waals surface area contributed by atoms with E-state index in [0.717, 1.165) is 38.1 Å². The Morgan fingerprint density at radius 1 is 1.24 bits per heavy atom. The molecule has 3 rings (SSSR count). The van der Waals surface area contributed by atoms with E-state index in [9.17, 15) is 0 Å². The van der Waals surface area contributed by atoms with Crippen LogP contribution in [0.15, 0.2) is 46.5 Å². The predicted octanol–water partition coefficient (Wildman–Crippen LogP) is 4.18. The molecule has 0 aliphatic heterocycles. The van der Waals surface area contributed by atoms with Crippen molar-refractivity contribution in [3.63, 3.8) is 0 Å². The van der Waals surface area contributed by atoms with Gasteiger partial charge in [-0.25, -0.2) is 4.98 Å². The maximum absolute atomic E-state index is 6.27. The zero-order valence-electron chi connectivity index (χ0n) is 11.7. The number of fused-ring (bicyclic) bond motifs is 1. The lowest BCUT2D eigenvalue weighted by Crippen LogP contribution is -2.02. The molecule has 108 valence electrons. The molecule has 0 aliphatic carbocycles. The molecule has 0 atom stereocenters. The summed E-state index contributed by atoms with van der Waals surface area (Å²) in [5.74, 6) is 0. The summed E-state index contributed by atoms with van der Waals surface area (Å²) in [6, 6.07) is 12.3. The molecule has 0 amide bonds. The summed E-state index contributed by atoms with van der Waals surface area (Å²) in [5.41, 5.74) is 9.91. The van der Waals surface area contributed by atoms with Crippen molar-refractivity contribution in [3.05, 3.63) is 52.5 Å². The summed E-state index contributed by atoms with van der Waals surface area (Å²) in [7, 11) is 0. The predicted molar refractivity (Wildman–Crippen MR) is 89.2 cm³/mol. The molecule has 0 fully saturated rings. The number of halogens is 1. The van der Waals surface area contributed by atoms with Gasteiger partial charge in [0.1, 0.15) is 0 Å². The highest BCUT2D eigenvalue weighted by atomic mass is 35.5. The van der Waals surface area contributed by atoms with Crippen LogP contribution < -0.4 is 5.73 Å². The van der Waals surface area contributed by atoms with Gasteiger partial charge in [-0.05, 0) is 55.3 Å². The Morgan fingerprint density at radius 3 is 2.86 bits per heavy atom. The molecule has 5 heteroatoms. The van der Waals surface area contributed by atoms with E-state index in [4.69, 9.17) is 17.3 Å². The summed E-state index contributed by atoms with van der Waals surface area (Å²) >= 11 is 7.85. The molecule has 0 bridgehead atoms. The number of nitrogens with two attached hydrogens (primary N) is 1. The van der Waals surface area contributed by atoms with E-state index in [1.165, 1.54) is 5.56 Å². The number of hydrogen-bond donors (Lipinski definition) is 2. The van der Waals surface area contributed by atoms with Crippen LogP contribution in [0.5, 0.6) is 0 Å². The zero-order valence-corrected chi connectivity index (χ0v) is 13.3. The number of nitrogens with zero attached hydrogens (tertiary/aromatic N) is 1. The zero-order chi connectivity index (χ0) is 14.8. The van der Waals surface area contributed by atoms with E-state index in [1.54, 1.807) is 11.8 Å². The topological polar surface area (TPSA) is 54.7 Å². The third kappa shape index (κ3) is 3.23. The molecular formula is C16H16ClN3S. The number of rotatable bonds is 4. The van der Waals surface area contributed by atoms with E-state index >= 15 is 0 Å². The Balaban J connectivity index is 1.86. The first-order valence-electron chi connectivity index (χ1n) is 6.78. The number of hydrogen-bond acceptors (Lipinski definition) is 3. The quantitative estimate of drug-likeness (QED) is 0.759. The molecule has 1 aromatic heterocycles. The van der Waals surface area contributed by atoms with Crippen molar-refractivity contribution in [3.8, 4) is 0 Å². The standard InChI is InChI=1S/C16H16ClN3S/c1-10-2-5-14-15(8-10)20-16(19-14)21-12-4-3-11(6-7-18)13(17)9-12/h2-5,8-9H,6-7,18H2,1H3,(H,19,20). The number of nitrogens with one attached hydrogen (secondary N) is 1. The van der Waals surface area contributed by atoms with Gasteiger partial charge in [0.15, 0.2) is 5.16 Å². The minimum Gasteiger partial charge on any atom is -0.333 e. The van der Waals surface area contributed by atoms with Crippen LogP contribution >= 0.6 is 23.4 Å². The van der Waals surface area contributed by atoms with Gasteiger partial charge in [-0.2, -0.15) is 0 Å². The number of aromatic amines is 1. The molecule has 0 aliphatic rings. The largest absolute Gasteiger partial charge is 0.333 e. The lowest BCUT2D eigenvalue weighted by Gasteiger charge is -2.04. The summed E-state index contributed by atoms with van der Waals surface area (Å²) in [6.07, 6.45) is 0.799. The third-order valence-electron chi connectivity index (χ3n) is 3.27. The van der Waals surface area contributed by atoms with Crippen LogP contribution in [-0.2, 0) is 6.42 Å². The minimum absolute atomic E-state index is 0.606. The van der Waals surface area contributed by atoms with Gasteiger partial charge in [0.2, 0.25) is 0 Å². The number of benzene rings is 2. The Kier molecular flexibility index (Phi) is 4.19. The summed E-state index contributed by atoms with van der Waals surface area (Å²) < 4.78 is 0. The van der Waals surface area contributed by atoms with Gasteiger partial charge in [0.05, 0.1) is 11.0 Å². The number of imidazole rings is 1. The second-order valence-electron chi connectivity index (χ2n) is 4.96. The Morgan fingerprint density at radius 2 is 2.10 bits per heavy atom. The highest BCUT2D eigenvalue weighted by molar-refractivity contribution is 7.99. The van der Waals surface area contributed by atoms with E-state index in [2.05, 4.69) is 35.1 Å². The Bertz CT molecular complexity index is 782. The molecule has 0 radical (unpaired) electrons. The van der Waals surface area contributed by atoms with Crippen molar-refractivity contribution in [2.45, 2.75) is 23.4 Å². The molecule has 1 heterocycles. The van der Waals surface area contributed by atoms with Crippen molar-refractivity contribution >= 4 is 34.4 Å². The monoisotopic (exact) mass is 317 g/mol. The van der Waals surface area contributed by atoms with Crippen LogP contribution in [0, 0.1) is 6.92 Å². The fourth-order valence-corrected chi connectivity index (χ4v) is 3.39. The summed E-state index contributed by atoms with van der Waals surface area (Å²) in [5, 5.41) is 1.63. The van der Waals surface area contributed by atoms with Crippen molar-refractivity contribution in [1.82, 2.24) is 9.97 Å². The first-order chi connectivity index (χ1) is 10.2. The SMILES string of the molecule is Cc1ccc2nc(Sc3ccc(CCN)c(Cl)c3)[nH]c2c1. The van der Waals surface area contributed by atoms with Crippen LogP contribution in [-0.4, -0.2) is 16.5 Å². The highest BCUT2D eigenvalue weighted by Gasteiger charge is 2.07. The maximum atomic E-state index is 6.27. The molecule has 0 saturated carbocycles. The minimum atomic E-state index is 0.606. The molecule has 3 N–H and O–H groups in total. The Labute approximate surface area is 132 Å². The van der Waals surface area contributed by atoms with Gasteiger partial charge in [0, 0.05) is 9.92 Å². The van der Waals surface area contributed by atoms with E-state index in [0.29, 0.717) is 6.54 Å². The van der Waals surface area contributed by atoms with Crippen LogP contribution in [0.2, 0.25) is 5.02 Å². The maximum Gasteiger partial charge on any atom is 0.171 e. The smallest absolute Gasteiger partial charge is 0.171 e. The molecule has 3 nitrogen and oxygen atoms in total. The molecule has 0 unspecified atom stereocenters. The van der Waals surface area contributed by atoms with Gasteiger partial charge >= 0.3 is 0 Å². The second kappa shape index (κ2) is 6.10. The van der Waals surface area contributed by atoms with Gasteiger partial charge in [0.25, 0.3) is 0 Å². The number of H-pyrrole nitrogens is 1. The van der Waals surface area contributed by atoms with Crippen LogP contribution in [0.1, 0.15) is 11.1 Å². The van der Waals surface area contributed by atoms with Crippen LogP contribution in [0.3, 0.4) is 0 Å². The van der Waals surface area contributed by atoms with Gasteiger partial charge in [-0.15, -0.1) is 0 Å². The van der Waals surface area contributed by atoms with E-state index < -0.39 is 0 Å². The van der Waals surface area contributed by atoms with Crippen LogP contribution in [0.25, 0.3) is 11.0 Å². The third-order valence-corrected chi connectivity index (χ3v) is 4.50. The van der Waals surface area contributed by atoms with E-state index in [1.807, 2.05) is 18.2 Å². The molecule has 21 heavy (non-hydrogen) atoms. The second-order valence-corrected chi connectivity index (χ2v) is 6.43. The van der Waals surface area contributed by atoms with E-state index in [-0.39, 0.29) is 0 Å². The molecule has 0 saturated heterocycles. The highest BCUT2D eigenvalue weighted by Crippen LogP contribution is 2.30. The Hall–Kier alpha value is -1.49. The first kappa shape index (κ1) is 14.4. The average Bonchev–Trinajstić information content (AvgIpc) is 2.83. The average molecular weight is 318 g/mol. The van der Waals surface area contributed by atoms with Crippen molar-refractivity contribution < 1.29 is 0 Å². The summed E-state index contributed by atoms with van der Waals surface area (Å²) in [6.45, 7) is 2.68.